The number of benzene rings is 2. The molecular weight excluding hydrogens is 566 g/mol. The van der Waals surface area contributed by atoms with Crippen LogP contribution in [-0.4, -0.2) is 78.1 Å². The van der Waals surface area contributed by atoms with E-state index in [1.54, 1.807) is 7.05 Å². The minimum absolute atomic E-state index is 0.0829. The number of anilines is 1. The van der Waals surface area contributed by atoms with Crippen LogP contribution in [0.25, 0.3) is 0 Å². The van der Waals surface area contributed by atoms with Crippen molar-refractivity contribution in [2.24, 2.45) is 11.7 Å². The Morgan fingerprint density at radius 2 is 1.71 bits per heavy atom. The Labute approximate surface area is 235 Å². The predicted molar refractivity (Wildman–Crippen MR) is 144 cm³/mol. The molecule has 10 nitrogen and oxygen atoms in total. The van der Waals surface area contributed by atoms with Crippen LogP contribution < -0.4 is 10.6 Å². The second-order valence-electron chi connectivity index (χ2n) is 10.0. The van der Waals surface area contributed by atoms with Crippen molar-refractivity contribution < 1.29 is 30.8 Å². The Balaban J connectivity index is 1.75. The molecule has 1 aliphatic heterocycles. The molecule has 1 saturated heterocycles. The van der Waals surface area contributed by atoms with Gasteiger partial charge in [-0.15, -0.1) is 5.10 Å². The summed E-state index contributed by atoms with van der Waals surface area (Å²) in [4.78, 5) is 19.3. The van der Waals surface area contributed by atoms with Crippen LogP contribution in [0.15, 0.2) is 48.5 Å². The second-order valence-corrected chi connectivity index (χ2v) is 12.2. The number of hydrogen-bond donors (Lipinski definition) is 1. The smallest absolute Gasteiger partial charge is 0.339 e. The number of aromatic nitrogens is 3. The number of alkyl halides is 3. The first-order chi connectivity index (χ1) is 19.2. The summed E-state index contributed by atoms with van der Waals surface area (Å²) in [7, 11) is -0.0271. The molecule has 0 bridgehead atoms. The van der Waals surface area contributed by atoms with Crippen molar-refractivity contribution in [3.8, 4) is 0 Å². The van der Waals surface area contributed by atoms with E-state index in [2.05, 4.69) is 10.1 Å². The molecule has 0 radical (unpaired) electrons. The van der Waals surface area contributed by atoms with E-state index in [4.69, 9.17) is 5.73 Å². The molecule has 15 heteroatoms. The maximum Gasteiger partial charge on any atom is 0.393 e. The molecular formula is C26H31F4N7O3S. The fourth-order valence-electron chi connectivity index (χ4n) is 4.74. The molecule has 2 unspecified atom stereocenters. The Morgan fingerprint density at radius 1 is 1.07 bits per heavy atom. The van der Waals surface area contributed by atoms with Gasteiger partial charge in [0.15, 0.2) is 5.82 Å². The van der Waals surface area contributed by atoms with Crippen LogP contribution in [0.1, 0.15) is 39.6 Å². The number of carbonyl (C=O) groups excluding carboxylic acids is 1. The van der Waals surface area contributed by atoms with Crippen LogP contribution in [0.5, 0.6) is 0 Å². The lowest BCUT2D eigenvalue weighted by Gasteiger charge is -2.38. The quantitative estimate of drug-likeness (QED) is 0.397. The van der Waals surface area contributed by atoms with Crippen LogP contribution in [0, 0.1) is 11.7 Å². The van der Waals surface area contributed by atoms with Gasteiger partial charge < -0.3 is 10.6 Å². The number of nitrogens with two attached hydrogens (primary N) is 1. The third-order valence-corrected chi connectivity index (χ3v) is 8.95. The van der Waals surface area contributed by atoms with E-state index in [1.807, 2.05) is 24.3 Å². The van der Waals surface area contributed by atoms with Gasteiger partial charge in [-0.2, -0.15) is 39.9 Å². The molecule has 2 N–H and O–H groups in total. The van der Waals surface area contributed by atoms with Crippen LogP contribution >= 0.6 is 0 Å². The molecule has 0 amide bonds. The lowest BCUT2D eigenvalue weighted by Crippen LogP contribution is -2.51. The summed E-state index contributed by atoms with van der Waals surface area (Å²) in [5.41, 5.74) is 7.03. The number of piperidine rings is 1. The summed E-state index contributed by atoms with van der Waals surface area (Å²) in [6, 6.07) is 12.5. The van der Waals surface area contributed by atoms with Crippen molar-refractivity contribution in [1.29, 1.82) is 0 Å². The van der Waals surface area contributed by atoms with Gasteiger partial charge in [0.1, 0.15) is 5.82 Å². The Morgan fingerprint density at radius 3 is 2.29 bits per heavy atom. The van der Waals surface area contributed by atoms with Crippen molar-refractivity contribution >= 4 is 22.1 Å². The summed E-state index contributed by atoms with van der Waals surface area (Å²) in [6.45, 7) is -0.481. The van der Waals surface area contributed by atoms with Crippen molar-refractivity contribution in [3.63, 3.8) is 0 Å². The zero-order valence-corrected chi connectivity index (χ0v) is 23.5. The highest BCUT2D eigenvalue weighted by Crippen LogP contribution is 2.43. The van der Waals surface area contributed by atoms with Crippen molar-refractivity contribution in [3.05, 3.63) is 76.9 Å². The summed E-state index contributed by atoms with van der Waals surface area (Å²) >= 11 is 0. The minimum Gasteiger partial charge on any atom is -0.339 e. The molecule has 2 heterocycles. The number of carbonyl (C=O) groups is 1. The molecule has 41 heavy (non-hydrogen) atoms. The van der Waals surface area contributed by atoms with Crippen LogP contribution in [0.3, 0.4) is 0 Å². The number of rotatable bonds is 8. The Bertz CT molecular complexity index is 1490. The second kappa shape index (κ2) is 11.8. The van der Waals surface area contributed by atoms with Gasteiger partial charge >= 0.3 is 6.18 Å². The SMILES string of the molecule is CN(Cc1ccc(CN)cc1)c1nc(C2CCN(S(=O)(=O)N(C)C)CC2C(F)(F)F)nn1C(=O)c1ccccc1F. The van der Waals surface area contributed by atoms with Crippen molar-refractivity contribution in [1.82, 2.24) is 23.4 Å². The highest BCUT2D eigenvalue weighted by Gasteiger charge is 2.51. The van der Waals surface area contributed by atoms with E-state index in [-0.39, 0.29) is 36.8 Å². The molecule has 2 atom stereocenters. The normalized spacial score (nSPS) is 18.6. The van der Waals surface area contributed by atoms with Gasteiger partial charge in [-0.1, -0.05) is 36.4 Å². The largest absolute Gasteiger partial charge is 0.393 e. The molecule has 3 aromatic rings. The summed E-state index contributed by atoms with van der Waals surface area (Å²) < 4.78 is 85.1. The van der Waals surface area contributed by atoms with Gasteiger partial charge in [0.05, 0.1) is 11.5 Å². The van der Waals surface area contributed by atoms with Gasteiger partial charge in [-0.05, 0) is 29.7 Å². The highest BCUT2D eigenvalue weighted by molar-refractivity contribution is 7.86. The summed E-state index contributed by atoms with van der Waals surface area (Å²) in [5.74, 6) is -5.56. The van der Waals surface area contributed by atoms with E-state index in [0.717, 1.165) is 30.5 Å². The molecule has 222 valence electrons. The van der Waals surface area contributed by atoms with Crippen molar-refractivity contribution in [2.45, 2.75) is 31.6 Å². The molecule has 0 saturated carbocycles. The molecule has 1 aliphatic rings. The Hall–Kier alpha value is -3.40. The van der Waals surface area contributed by atoms with E-state index in [0.29, 0.717) is 6.54 Å². The number of halogens is 4. The van der Waals surface area contributed by atoms with E-state index in [9.17, 15) is 30.8 Å². The van der Waals surface area contributed by atoms with Gasteiger partial charge in [-0.25, -0.2) is 4.39 Å². The monoisotopic (exact) mass is 597 g/mol. The first kappa shape index (κ1) is 30.6. The minimum atomic E-state index is -4.79. The number of hydrogen-bond acceptors (Lipinski definition) is 7. The van der Waals surface area contributed by atoms with Gasteiger partial charge in [0.25, 0.3) is 16.1 Å². The van der Waals surface area contributed by atoms with Crippen LogP contribution in [0.2, 0.25) is 0 Å². The predicted octanol–water partition coefficient (Wildman–Crippen LogP) is 2.98. The highest BCUT2D eigenvalue weighted by atomic mass is 32.2. The first-order valence-electron chi connectivity index (χ1n) is 12.7. The van der Waals surface area contributed by atoms with E-state index >= 15 is 0 Å². The standard InChI is InChI=1S/C26H31F4N7O3S/c1-34(2)41(39,40)36-13-12-19(21(16-36)26(28,29)30)23-32-25(35(3)15-18-10-8-17(14-31)9-11-18)37(33-23)24(38)20-6-4-5-7-22(20)27/h4-11,19,21H,12-16,31H2,1-3H3. The Kier molecular flexibility index (Phi) is 8.82. The van der Waals surface area contributed by atoms with Gasteiger partial charge in [0.2, 0.25) is 5.95 Å². The molecule has 1 aromatic heterocycles. The topological polar surface area (TPSA) is 118 Å². The van der Waals surface area contributed by atoms with Gasteiger partial charge in [-0.3, -0.25) is 4.79 Å². The third kappa shape index (κ3) is 6.42. The fraction of sp³-hybridized carbons (Fsp3) is 0.423. The molecule has 4 rings (SSSR count). The third-order valence-electron chi connectivity index (χ3n) is 7.04. The first-order valence-corrected chi connectivity index (χ1v) is 14.1. The van der Waals surface area contributed by atoms with Gasteiger partial charge in [0, 0.05) is 53.2 Å². The molecule has 0 aliphatic carbocycles. The average Bonchev–Trinajstić information content (AvgIpc) is 3.38. The fourth-order valence-corrected chi connectivity index (χ4v) is 5.88. The molecule has 0 spiro atoms. The zero-order chi connectivity index (χ0) is 30.1. The average molecular weight is 598 g/mol. The zero-order valence-electron chi connectivity index (χ0n) is 22.7. The molecule has 1 fully saturated rings. The van der Waals surface area contributed by atoms with Crippen LogP contribution in [0.4, 0.5) is 23.5 Å². The summed E-state index contributed by atoms with van der Waals surface area (Å²) in [6.07, 6.45) is -5.03. The van der Waals surface area contributed by atoms with E-state index < -0.39 is 46.5 Å². The lowest BCUT2D eigenvalue weighted by atomic mass is 9.85. The number of nitrogens with zero attached hydrogens (tertiary/aromatic N) is 6. The maximum atomic E-state index is 14.6. The van der Waals surface area contributed by atoms with Crippen LogP contribution in [-0.2, 0) is 23.3 Å². The molecule has 2 aromatic carbocycles. The lowest BCUT2D eigenvalue weighted by molar-refractivity contribution is -0.188. The maximum absolute atomic E-state index is 14.6. The summed E-state index contributed by atoms with van der Waals surface area (Å²) in [5, 5.41) is 4.18. The van der Waals surface area contributed by atoms with E-state index in [1.165, 1.54) is 37.2 Å². The van der Waals surface area contributed by atoms with Crippen molar-refractivity contribution in [2.75, 3.05) is 39.1 Å².